The molecule has 2 fully saturated rings. The average molecular weight is 640 g/mol. The molecule has 2 aliphatic heterocycles. The minimum absolute atomic E-state index is 0.913. The smallest absolute Gasteiger partial charge is 0.413 e. The number of hydrogen-bond acceptors (Lipinski definition) is 18. The summed E-state index contributed by atoms with van der Waals surface area (Å²) in [4.78, 5) is 11.7. The van der Waals surface area contributed by atoms with Crippen molar-refractivity contribution in [2.75, 3.05) is 20.8 Å². The third-order valence-corrected chi connectivity index (χ3v) is 6.34. The topological polar surface area (TPSA) is 327 Å². The molecular formula is C14H25NO21S3. The number of aliphatic hydroxyl groups is 2. The van der Waals surface area contributed by atoms with Gasteiger partial charge in [0.25, 0.3) is 0 Å². The second-order valence-corrected chi connectivity index (χ2v) is 10.8. The zero-order valence-corrected chi connectivity index (χ0v) is 22.0. The van der Waals surface area contributed by atoms with Crippen molar-refractivity contribution in [3.05, 3.63) is 0 Å². The monoisotopic (exact) mass is 639 g/mol. The molecule has 0 aromatic carbocycles. The largest absolute Gasteiger partial charge is 0.479 e. The number of nitrogens with one attached hydrogen (secondary N) is 1. The van der Waals surface area contributed by atoms with E-state index in [2.05, 4.69) is 12.6 Å². The molecule has 0 unspecified atom stereocenters. The zero-order valence-electron chi connectivity index (χ0n) is 19.5. The summed E-state index contributed by atoms with van der Waals surface area (Å²) in [7, 11) is -13.9. The van der Waals surface area contributed by atoms with Crippen molar-refractivity contribution in [2.45, 2.75) is 61.3 Å². The molecule has 2 heterocycles. The van der Waals surface area contributed by atoms with Crippen molar-refractivity contribution in [3.63, 3.8) is 0 Å². The van der Waals surface area contributed by atoms with Gasteiger partial charge in [-0.15, -0.1) is 0 Å². The fourth-order valence-electron chi connectivity index (χ4n) is 3.61. The van der Waals surface area contributed by atoms with Gasteiger partial charge in [-0.2, -0.15) is 35.0 Å². The Morgan fingerprint density at radius 1 is 0.821 bits per heavy atom. The molecule has 0 aromatic heterocycles. The average Bonchev–Trinajstić information content (AvgIpc) is 2.78. The lowest BCUT2D eigenvalue weighted by molar-refractivity contribution is -0.342. The van der Waals surface area contributed by atoms with E-state index in [0.29, 0.717) is 0 Å². The summed E-state index contributed by atoms with van der Waals surface area (Å²) in [5, 5.41) is 30.8. The van der Waals surface area contributed by atoms with E-state index in [1.165, 1.54) is 0 Å². The molecule has 2 aliphatic rings. The Bertz CT molecular complexity index is 1160. The summed E-state index contributed by atoms with van der Waals surface area (Å²) in [6, 6.07) is -1.83. The number of hydroxylamine groups is 1. The molecule has 7 N–H and O–H groups in total. The molecule has 0 radical (unpaired) electrons. The van der Waals surface area contributed by atoms with Crippen LogP contribution in [0.5, 0.6) is 0 Å². The first-order chi connectivity index (χ1) is 17.8. The van der Waals surface area contributed by atoms with Crippen molar-refractivity contribution in [3.8, 4) is 0 Å². The minimum Gasteiger partial charge on any atom is -0.479 e. The SMILES string of the molecule is CO[C@@H]1O[C@@H](COS(=O)(=O)O)[C@H](O[C@@H]2O[C@H](C(=O)O)[C@H](OC)[C@@H](O)[C@@H]2OS(=O)(=O)O)[C@@H](O)[C@@H]1NOS(=O)(=O)O. The molecule has 0 aromatic rings. The first-order valence-corrected chi connectivity index (χ1v) is 14.2. The number of carbonyl (C=O) groups is 1. The van der Waals surface area contributed by atoms with E-state index in [9.17, 15) is 45.4 Å². The minimum atomic E-state index is -5.41. The van der Waals surface area contributed by atoms with Gasteiger partial charge in [0.15, 0.2) is 24.8 Å². The maximum absolute atomic E-state index is 11.7. The third kappa shape index (κ3) is 9.67. The van der Waals surface area contributed by atoms with Crippen LogP contribution in [0, 0.1) is 0 Å². The predicted octanol–water partition coefficient (Wildman–Crippen LogP) is -5.01. The summed E-state index contributed by atoms with van der Waals surface area (Å²) in [5.41, 5.74) is 1.68. The lowest BCUT2D eigenvalue weighted by Crippen LogP contribution is -2.68. The van der Waals surface area contributed by atoms with Crippen LogP contribution in [0.3, 0.4) is 0 Å². The molecule has 0 aliphatic carbocycles. The summed E-state index contributed by atoms with van der Waals surface area (Å²) >= 11 is 0. The van der Waals surface area contributed by atoms with Crippen LogP contribution in [0.15, 0.2) is 0 Å². The number of carboxylic acids is 1. The highest BCUT2D eigenvalue weighted by Gasteiger charge is 2.55. The summed E-state index contributed by atoms with van der Waals surface area (Å²) < 4.78 is 132. The Balaban J connectivity index is 2.49. The highest BCUT2D eigenvalue weighted by atomic mass is 32.3. The van der Waals surface area contributed by atoms with Crippen LogP contribution in [0.4, 0.5) is 0 Å². The maximum Gasteiger partial charge on any atom is 0.413 e. The van der Waals surface area contributed by atoms with E-state index in [0.717, 1.165) is 14.2 Å². The number of aliphatic hydroxyl groups excluding tert-OH is 2. The number of rotatable bonds is 13. The standard InChI is InChI=1S/C14H25NO21S3/c1-29-9-7(17)10(35-38(23,24)25)14(34-11(9)12(18)19)33-8-4(3-31-37(20,21)22)32-13(30-2)5(6(8)16)15-36-39(26,27)28/h4-11,13-17H,3H2,1-2H3,(H,18,19)(H,20,21,22)(H,23,24,25)(H,26,27,28)/t4-,5-,6-,7+,8-,9+,10-,11-,13+,14+/m0/s1. The van der Waals surface area contributed by atoms with Crippen molar-refractivity contribution >= 4 is 37.2 Å². The molecule has 39 heavy (non-hydrogen) atoms. The van der Waals surface area contributed by atoms with Gasteiger partial charge >= 0.3 is 37.2 Å². The zero-order chi connectivity index (χ0) is 29.9. The molecule has 0 spiro atoms. The van der Waals surface area contributed by atoms with Crippen LogP contribution < -0.4 is 5.48 Å². The van der Waals surface area contributed by atoms with Crippen LogP contribution in [0.1, 0.15) is 0 Å². The van der Waals surface area contributed by atoms with E-state index in [1.54, 1.807) is 5.48 Å². The fourth-order valence-corrected chi connectivity index (χ4v) is 4.64. The first-order valence-electron chi connectivity index (χ1n) is 10.1. The van der Waals surface area contributed by atoms with Gasteiger partial charge in [-0.25, -0.2) is 13.2 Å². The quantitative estimate of drug-likeness (QED) is 0.0732. The van der Waals surface area contributed by atoms with Gasteiger partial charge in [-0.3, -0.25) is 13.7 Å². The summed E-state index contributed by atoms with van der Waals surface area (Å²) in [6.07, 6.45) is -18.6. The molecule has 0 amide bonds. The van der Waals surface area contributed by atoms with Crippen LogP contribution in [-0.2, 0) is 72.3 Å². The molecule has 2 rings (SSSR count). The van der Waals surface area contributed by atoms with E-state index in [1.807, 2.05) is 0 Å². The number of aliphatic carboxylic acids is 1. The second kappa shape index (κ2) is 13.2. The van der Waals surface area contributed by atoms with Gasteiger partial charge in [0, 0.05) is 14.2 Å². The van der Waals surface area contributed by atoms with Crippen molar-refractivity contribution in [1.29, 1.82) is 0 Å². The van der Waals surface area contributed by atoms with Gasteiger partial charge in [0.2, 0.25) is 0 Å². The predicted molar refractivity (Wildman–Crippen MR) is 113 cm³/mol. The number of methoxy groups -OCH3 is 2. The van der Waals surface area contributed by atoms with Crippen LogP contribution >= 0.6 is 0 Å². The Labute approximate surface area is 220 Å². The normalized spacial score (nSPS) is 36.5. The Hall–Kier alpha value is -1.24. The van der Waals surface area contributed by atoms with Gasteiger partial charge in [-0.05, 0) is 0 Å². The van der Waals surface area contributed by atoms with Gasteiger partial charge in [-0.1, -0.05) is 0 Å². The lowest BCUT2D eigenvalue weighted by atomic mass is 9.96. The highest BCUT2D eigenvalue weighted by Crippen LogP contribution is 2.32. The highest BCUT2D eigenvalue weighted by molar-refractivity contribution is 7.81. The number of hydrogen-bond donors (Lipinski definition) is 7. The molecule has 0 bridgehead atoms. The molecule has 0 saturated carbocycles. The van der Waals surface area contributed by atoms with Crippen LogP contribution in [0.2, 0.25) is 0 Å². The van der Waals surface area contributed by atoms with Gasteiger partial charge < -0.3 is 39.0 Å². The Morgan fingerprint density at radius 2 is 1.44 bits per heavy atom. The molecule has 2 saturated heterocycles. The van der Waals surface area contributed by atoms with E-state index >= 15 is 0 Å². The van der Waals surface area contributed by atoms with Crippen molar-refractivity contribution < 1.29 is 95.4 Å². The van der Waals surface area contributed by atoms with Gasteiger partial charge in [0.05, 0.1) is 6.61 Å². The van der Waals surface area contributed by atoms with Crippen molar-refractivity contribution in [1.82, 2.24) is 5.48 Å². The van der Waals surface area contributed by atoms with E-state index in [4.69, 9.17) is 37.3 Å². The Morgan fingerprint density at radius 3 is 1.90 bits per heavy atom. The van der Waals surface area contributed by atoms with E-state index in [-0.39, 0.29) is 0 Å². The summed E-state index contributed by atoms with van der Waals surface area (Å²) in [5.74, 6) is -1.77. The number of ether oxygens (including phenoxy) is 5. The number of carboxylic acid groups (broad SMARTS) is 1. The first kappa shape index (κ1) is 34.0. The molecular weight excluding hydrogens is 614 g/mol. The van der Waals surface area contributed by atoms with Crippen molar-refractivity contribution in [2.24, 2.45) is 0 Å². The molecule has 25 heteroatoms. The third-order valence-electron chi connectivity index (χ3n) is 5.14. The van der Waals surface area contributed by atoms with E-state index < -0.39 is 105 Å². The molecule has 22 nitrogen and oxygen atoms in total. The summed E-state index contributed by atoms with van der Waals surface area (Å²) in [6.45, 7) is -1.17. The van der Waals surface area contributed by atoms with Gasteiger partial charge in [0.1, 0.15) is 36.6 Å². The maximum atomic E-state index is 11.7. The second-order valence-electron chi connectivity index (χ2n) is 7.68. The molecule has 230 valence electrons. The molecule has 10 atom stereocenters. The lowest BCUT2D eigenvalue weighted by Gasteiger charge is -2.47. The fraction of sp³-hybridized carbons (Fsp3) is 0.929. The van der Waals surface area contributed by atoms with Crippen LogP contribution in [-0.4, -0.2) is 142 Å². The van der Waals surface area contributed by atoms with Crippen LogP contribution in [0.25, 0.3) is 0 Å². The Kier molecular flexibility index (Phi) is 11.5.